The highest BCUT2D eigenvalue weighted by molar-refractivity contribution is 8.00. The lowest BCUT2D eigenvalue weighted by atomic mass is 9.84. The molecule has 1 aliphatic rings. The van der Waals surface area contributed by atoms with E-state index >= 15 is 0 Å². The summed E-state index contributed by atoms with van der Waals surface area (Å²) in [5.41, 5.74) is 7.54. The Morgan fingerprint density at radius 2 is 2.21 bits per heavy atom. The Morgan fingerprint density at radius 3 is 2.79 bits per heavy atom. The molecule has 0 saturated heterocycles. The van der Waals surface area contributed by atoms with Crippen LogP contribution in [0.15, 0.2) is 29.4 Å². The fourth-order valence-corrected chi connectivity index (χ4v) is 3.37. The summed E-state index contributed by atoms with van der Waals surface area (Å²) in [7, 11) is 0. The minimum atomic E-state index is 0.167. The molecule has 1 aromatic carbocycles. The minimum absolute atomic E-state index is 0.167. The number of nitrogens with one attached hydrogen (secondary N) is 1. The lowest BCUT2D eigenvalue weighted by molar-refractivity contribution is 0.318. The number of hydrogen-bond donors (Lipinski definition) is 3. The highest BCUT2D eigenvalue weighted by Crippen LogP contribution is 2.42. The van der Waals surface area contributed by atoms with Crippen molar-refractivity contribution >= 4 is 17.6 Å². The average molecular weight is 279 g/mol. The summed E-state index contributed by atoms with van der Waals surface area (Å²) in [5, 5.41) is 15.4. The Morgan fingerprint density at radius 1 is 1.47 bits per heavy atom. The molecule has 0 radical (unpaired) electrons. The third-order valence-corrected chi connectivity index (χ3v) is 5.28. The fraction of sp³-hybridized carbons (Fsp3) is 0.500. The molecule has 0 spiro atoms. The second-order valence-electron chi connectivity index (χ2n) is 4.99. The quantitative estimate of drug-likeness (QED) is 0.323. The SMILES string of the molecule is CSC1(CNCc2ccccc2/C(N)=N/O)CCC1. The lowest BCUT2D eigenvalue weighted by Crippen LogP contribution is -2.43. The van der Waals surface area contributed by atoms with Crippen LogP contribution in [-0.2, 0) is 6.54 Å². The van der Waals surface area contributed by atoms with Gasteiger partial charge in [0.25, 0.3) is 0 Å². The van der Waals surface area contributed by atoms with Gasteiger partial charge in [-0.3, -0.25) is 0 Å². The van der Waals surface area contributed by atoms with E-state index in [0.717, 1.165) is 24.2 Å². The minimum Gasteiger partial charge on any atom is -0.409 e. The van der Waals surface area contributed by atoms with Crippen LogP contribution in [0.3, 0.4) is 0 Å². The summed E-state index contributed by atoms with van der Waals surface area (Å²) >= 11 is 1.96. The van der Waals surface area contributed by atoms with E-state index in [-0.39, 0.29) is 5.84 Å². The van der Waals surface area contributed by atoms with Crippen molar-refractivity contribution in [3.05, 3.63) is 35.4 Å². The number of benzene rings is 1. The van der Waals surface area contributed by atoms with Gasteiger partial charge in [0.2, 0.25) is 0 Å². The fourth-order valence-electron chi connectivity index (χ4n) is 2.43. The van der Waals surface area contributed by atoms with Gasteiger partial charge in [0.05, 0.1) is 0 Å². The van der Waals surface area contributed by atoms with Crippen LogP contribution >= 0.6 is 11.8 Å². The molecule has 104 valence electrons. The van der Waals surface area contributed by atoms with E-state index in [2.05, 4.69) is 16.7 Å². The standard InChI is InChI=1S/C14H21N3OS/c1-19-14(7-4-8-14)10-16-9-11-5-2-3-6-12(11)13(15)17-18/h2-3,5-6,16,18H,4,7-10H2,1H3,(H2,15,17). The van der Waals surface area contributed by atoms with Gasteiger partial charge in [0.15, 0.2) is 5.84 Å². The van der Waals surface area contributed by atoms with E-state index in [1.54, 1.807) is 0 Å². The van der Waals surface area contributed by atoms with E-state index in [0.29, 0.717) is 4.75 Å². The maximum atomic E-state index is 8.79. The molecule has 4 N–H and O–H groups in total. The summed E-state index contributed by atoms with van der Waals surface area (Å²) < 4.78 is 0.422. The monoisotopic (exact) mass is 279 g/mol. The molecule has 2 rings (SSSR count). The number of amidine groups is 1. The second kappa shape index (κ2) is 6.30. The molecule has 0 unspecified atom stereocenters. The zero-order chi connectivity index (χ0) is 13.7. The maximum Gasteiger partial charge on any atom is 0.170 e. The third-order valence-electron chi connectivity index (χ3n) is 3.86. The number of rotatable bonds is 6. The molecule has 1 aliphatic carbocycles. The van der Waals surface area contributed by atoms with E-state index in [4.69, 9.17) is 10.9 Å². The van der Waals surface area contributed by atoms with Crippen molar-refractivity contribution in [1.29, 1.82) is 0 Å². The van der Waals surface area contributed by atoms with E-state index < -0.39 is 0 Å². The van der Waals surface area contributed by atoms with Crippen LogP contribution < -0.4 is 11.1 Å². The summed E-state index contributed by atoms with van der Waals surface area (Å²) in [5.74, 6) is 0.167. The zero-order valence-corrected chi connectivity index (χ0v) is 12.0. The van der Waals surface area contributed by atoms with Gasteiger partial charge < -0.3 is 16.3 Å². The van der Waals surface area contributed by atoms with Crippen LogP contribution in [-0.4, -0.2) is 28.6 Å². The predicted octanol–water partition coefficient (Wildman–Crippen LogP) is 2.16. The number of oxime groups is 1. The predicted molar refractivity (Wildman–Crippen MR) is 80.8 cm³/mol. The molecule has 4 nitrogen and oxygen atoms in total. The van der Waals surface area contributed by atoms with Crippen LogP contribution in [0.2, 0.25) is 0 Å². The molecule has 0 aliphatic heterocycles. The highest BCUT2D eigenvalue weighted by Gasteiger charge is 2.35. The van der Waals surface area contributed by atoms with Gasteiger partial charge in [-0.05, 0) is 24.7 Å². The van der Waals surface area contributed by atoms with Crippen molar-refractivity contribution < 1.29 is 5.21 Å². The van der Waals surface area contributed by atoms with Gasteiger partial charge in [0, 0.05) is 23.4 Å². The zero-order valence-electron chi connectivity index (χ0n) is 11.2. The number of nitrogens with two attached hydrogens (primary N) is 1. The molecule has 19 heavy (non-hydrogen) atoms. The van der Waals surface area contributed by atoms with Gasteiger partial charge in [-0.1, -0.05) is 35.8 Å². The Hall–Kier alpha value is -1.20. The first kappa shape index (κ1) is 14.2. The number of nitrogens with zero attached hydrogens (tertiary/aromatic N) is 1. The second-order valence-corrected chi connectivity index (χ2v) is 6.26. The van der Waals surface area contributed by atoms with Crippen LogP contribution in [0.25, 0.3) is 0 Å². The van der Waals surface area contributed by atoms with Gasteiger partial charge in [-0.15, -0.1) is 0 Å². The molecule has 1 fully saturated rings. The van der Waals surface area contributed by atoms with Crippen molar-refractivity contribution in [2.24, 2.45) is 10.9 Å². The Bertz CT molecular complexity index is 452. The Balaban J connectivity index is 1.96. The molecule has 1 aromatic rings. The molecule has 5 heteroatoms. The van der Waals surface area contributed by atoms with Crippen molar-refractivity contribution in [3.63, 3.8) is 0 Å². The third kappa shape index (κ3) is 3.22. The normalized spacial score (nSPS) is 18.1. The molecule has 0 bridgehead atoms. The molecule has 0 aromatic heterocycles. The molecule has 0 amide bonds. The first-order valence-corrected chi connectivity index (χ1v) is 7.75. The van der Waals surface area contributed by atoms with Gasteiger partial charge in [-0.2, -0.15) is 11.8 Å². The highest BCUT2D eigenvalue weighted by atomic mass is 32.2. The largest absolute Gasteiger partial charge is 0.409 e. The number of hydrogen-bond acceptors (Lipinski definition) is 4. The van der Waals surface area contributed by atoms with Gasteiger partial charge >= 0.3 is 0 Å². The topological polar surface area (TPSA) is 70.6 Å². The first-order valence-electron chi connectivity index (χ1n) is 6.52. The lowest BCUT2D eigenvalue weighted by Gasteiger charge is -2.40. The summed E-state index contributed by atoms with van der Waals surface area (Å²) in [6.07, 6.45) is 6.11. The van der Waals surface area contributed by atoms with Gasteiger partial charge in [-0.25, -0.2) is 0 Å². The Kier molecular flexibility index (Phi) is 4.71. The van der Waals surface area contributed by atoms with Gasteiger partial charge in [0.1, 0.15) is 0 Å². The summed E-state index contributed by atoms with van der Waals surface area (Å²) in [6.45, 7) is 1.76. The molecular formula is C14H21N3OS. The van der Waals surface area contributed by atoms with Crippen molar-refractivity contribution in [3.8, 4) is 0 Å². The summed E-state index contributed by atoms with van der Waals surface area (Å²) in [6, 6.07) is 7.75. The first-order chi connectivity index (χ1) is 9.21. The van der Waals surface area contributed by atoms with Crippen LogP contribution in [0.4, 0.5) is 0 Å². The molecule has 0 atom stereocenters. The molecule has 1 saturated carbocycles. The molecule has 0 heterocycles. The van der Waals surface area contributed by atoms with E-state index in [1.807, 2.05) is 36.0 Å². The van der Waals surface area contributed by atoms with Crippen molar-refractivity contribution in [2.45, 2.75) is 30.6 Å². The Labute approximate surface area is 118 Å². The maximum absolute atomic E-state index is 8.79. The average Bonchev–Trinajstić information content (AvgIpc) is 2.41. The number of thioether (sulfide) groups is 1. The smallest absolute Gasteiger partial charge is 0.170 e. The summed E-state index contributed by atoms with van der Waals surface area (Å²) in [4.78, 5) is 0. The van der Waals surface area contributed by atoms with Crippen LogP contribution in [0.5, 0.6) is 0 Å². The van der Waals surface area contributed by atoms with Crippen molar-refractivity contribution in [2.75, 3.05) is 12.8 Å². The molecular weight excluding hydrogens is 258 g/mol. The van der Waals surface area contributed by atoms with E-state index in [9.17, 15) is 0 Å². The van der Waals surface area contributed by atoms with Crippen LogP contribution in [0.1, 0.15) is 30.4 Å². The van der Waals surface area contributed by atoms with Crippen LogP contribution in [0, 0.1) is 0 Å². The van der Waals surface area contributed by atoms with Crippen molar-refractivity contribution in [1.82, 2.24) is 5.32 Å². The van der Waals surface area contributed by atoms with E-state index in [1.165, 1.54) is 19.3 Å².